The van der Waals surface area contributed by atoms with Crippen molar-refractivity contribution in [2.24, 2.45) is 0 Å². The van der Waals surface area contributed by atoms with Crippen LogP contribution < -0.4 is 0 Å². The van der Waals surface area contributed by atoms with E-state index >= 15 is 0 Å². The topological polar surface area (TPSA) is 58.4 Å². The molecule has 2 heterocycles. The number of hydrogen-bond acceptors (Lipinski definition) is 4. The molecular weight excluding hydrogens is 250 g/mol. The summed E-state index contributed by atoms with van der Waals surface area (Å²) in [6.45, 7) is 5.44. The Kier molecular flexibility index (Phi) is 4.66. The summed E-state index contributed by atoms with van der Waals surface area (Å²) in [5.41, 5.74) is 0. The third-order valence-corrected chi connectivity index (χ3v) is 4.22. The van der Waals surface area contributed by atoms with Crippen LogP contribution in [0.4, 0.5) is 0 Å². The normalized spacial score (nSPS) is 18.1. The molecule has 6 heteroatoms. The lowest BCUT2D eigenvalue weighted by Crippen LogP contribution is -2.33. The highest BCUT2D eigenvalue weighted by Gasteiger charge is 2.19. The summed E-state index contributed by atoms with van der Waals surface area (Å²) in [6, 6.07) is 0.478. The van der Waals surface area contributed by atoms with Gasteiger partial charge in [0.25, 0.3) is 0 Å². The van der Waals surface area contributed by atoms with E-state index in [4.69, 9.17) is 5.11 Å². The molecule has 0 aliphatic carbocycles. The number of nitrogens with zero attached hydrogens (tertiary/aromatic N) is 3. The van der Waals surface area contributed by atoms with Gasteiger partial charge in [-0.05, 0) is 32.9 Å². The molecule has 0 saturated carbocycles. The molecule has 1 aliphatic heterocycles. The molecule has 1 aromatic heterocycles. The monoisotopic (exact) mass is 269 g/mol. The number of hydrogen-bond donors (Lipinski definition) is 1. The summed E-state index contributed by atoms with van der Waals surface area (Å²) in [5, 5.41) is 9.49. The fraction of sp³-hybridized carbons (Fsp3) is 0.667. The molecule has 1 aromatic rings. The van der Waals surface area contributed by atoms with E-state index in [1.54, 1.807) is 6.20 Å². The average molecular weight is 269 g/mol. The van der Waals surface area contributed by atoms with Crippen LogP contribution in [-0.4, -0.2) is 50.4 Å². The number of aliphatic carboxylic acids is 1. The maximum atomic E-state index is 10.6. The minimum atomic E-state index is -0.804. The Morgan fingerprint density at radius 3 is 2.94 bits per heavy atom. The lowest BCUT2D eigenvalue weighted by atomic mass is 10.3. The zero-order chi connectivity index (χ0) is 13.0. The summed E-state index contributed by atoms with van der Waals surface area (Å²) >= 11 is 1.28. The molecule has 0 bridgehead atoms. The van der Waals surface area contributed by atoms with Crippen LogP contribution in [0.1, 0.15) is 19.8 Å². The number of rotatable bonds is 6. The van der Waals surface area contributed by atoms with E-state index in [0.717, 1.165) is 11.7 Å². The smallest absolute Gasteiger partial charge is 0.313 e. The predicted octanol–water partition coefficient (Wildman–Crippen LogP) is 1.54. The molecule has 1 fully saturated rings. The second-order valence-corrected chi connectivity index (χ2v) is 5.58. The van der Waals surface area contributed by atoms with Gasteiger partial charge in [-0.15, -0.1) is 0 Å². The highest BCUT2D eigenvalue weighted by atomic mass is 32.2. The Morgan fingerprint density at radius 2 is 2.28 bits per heavy atom. The quantitative estimate of drug-likeness (QED) is 0.794. The Hall–Kier alpha value is -1.01. The van der Waals surface area contributed by atoms with Crippen molar-refractivity contribution in [3.63, 3.8) is 0 Å². The van der Waals surface area contributed by atoms with Crippen LogP contribution in [0.5, 0.6) is 0 Å². The molecule has 0 aromatic carbocycles. The fourth-order valence-corrected chi connectivity index (χ4v) is 2.97. The standard InChI is InChI=1S/C12H19N3O2S/c1-10(14-5-2-3-6-14)8-15-7-4-13-12(15)18-9-11(16)17/h4,7,10H,2-3,5-6,8-9H2,1H3,(H,16,17). The van der Waals surface area contributed by atoms with Crippen LogP contribution in [0.25, 0.3) is 0 Å². The molecule has 0 amide bonds. The molecule has 2 rings (SSSR count). The Labute approximate surface area is 111 Å². The molecule has 1 N–H and O–H groups in total. The summed E-state index contributed by atoms with van der Waals surface area (Å²) in [5.74, 6) is -0.739. The van der Waals surface area contributed by atoms with Gasteiger partial charge in [0.2, 0.25) is 0 Å². The van der Waals surface area contributed by atoms with Gasteiger partial charge in [0.1, 0.15) is 0 Å². The second-order valence-electron chi connectivity index (χ2n) is 4.64. The van der Waals surface area contributed by atoms with E-state index in [1.165, 1.54) is 37.7 Å². The van der Waals surface area contributed by atoms with Crippen molar-refractivity contribution >= 4 is 17.7 Å². The summed E-state index contributed by atoms with van der Waals surface area (Å²) in [7, 11) is 0. The largest absolute Gasteiger partial charge is 0.481 e. The zero-order valence-corrected chi connectivity index (χ0v) is 11.4. The molecule has 100 valence electrons. The van der Waals surface area contributed by atoms with Gasteiger partial charge in [-0.2, -0.15) is 0 Å². The maximum Gasteiger partial charge on any atom is 0.313 e. The number of carbonyl (C=O) groups is 1. The SMILES string of the molecule is CC(Cn1ccnc1SCC(=O)O)N1CCCC1. The molecule has 0 spiro atoms. The van der Waals surface area contributed by atoms with Crippen molar-refractivity contribution < 1.29 is 9.90 Å². The fourth-order valence-electron chi connectivity index (χ4n) is 2.28. The van der Waals surface area contributed by atoms with E-state index in [2.05, 4.69) is 21.4 Å². The van der Waals surface area contributed by atoms with Crippen molar-refractivity contribution in [3.05, 3.63) is 12.4 Å². The van der Waals surface area contributed by atoms with Crippen molar-refractivity contribution in [3.8, 4) is 0 Å². The summed E-state index contributed by atoms with van der Waals surface area (Å²) in [6.07, 6.45) is 6.24. The van der Waals surface area contributed by atoms with Gasteiger partial charge in [-0.25, -0.2) is 4.98 Å². The predicted molar refractivity (Wildman–Crippen MR) is 70.9 cm³/mol. The van der Waals surface area contributed by atoms with Crippen molar-refractivity contribution in [1.29, 1.82) is 0 Å². The van der Waals surface area contributed by atoms with Crippen molar-refractivity contribution in [1.82, 2.24) is 14.5 Å². The molecule has 5 nitrogen and oxygen atoms in total. The summed E-state index contributed by atoms with van der Waals surface area (Å²) < 4.78 is 2.05. The van der Waals surface area contributed by atoms with Gasteiger partial charge in [0, 0.05) is 25.0 Å². The Morgan fingerprint density at radius 1 is 1.56 bits per heavy atom. The van der Waals surface area contributed by atoms with E-state index in [0.29, 0.717) is 6.04 Å². The first-order valence-corrected chi connectivity index (χ1v) is 7.25. The Bertz CT molecular complexity index is 402. The van der Waals surface area contributed by atoms with Gasteiger partial charge >= 0.3 is 5.97 Å². The molecule has 1 aliphatic rings. The van der Waals surface area contributed by atoms with Crippen molar-refractivity contribution in [2.45, 2.75) is 37.5 Å². The van der Waals surface area contributed by atoms with Gasteiger partial charge in [-0.1, -0.05) is 11.8 Å². The highest BCUT2D eigenvalue weighted by molar-refractivity contribution is 7.99. The maximum absolute atomic E-state index is 10.6. The highest BCUT2D eigenvalue weighted by Crippen LogP contribution is 2.18. The van der Waals surface area contributed by atoms with Crippen LogP contribution in [0.3, 0.4) is 0 Å². The molecule has 0 radical (unpaired) electrons. The van der Waals surface area contributed by atoms with Gasteiger partial charge in [-0.3, -0.25) is 9.69 Å². The lowest BCUT2D eigenvalue weighted by molar-refractivity contribution is -0.133. The van der Waals surface area contributed by atoms with E-state index in [1.807, 2.05) is 6.20 Å². The molecule has 1 atom stereocenters. The minimum Gasteiger partial charge on any atom is -0.481 e. The van der Waals surface area contributed by atoms with Gasteiger partial charge in [0.05, 0.1) is 5.75 Å². The van der Waals surface area contributed by atoms with Crippen LogP contribution in [0, 0.1) is 0 Å². The van der Waals surface area contributed by atoms with Crippen LogP contribution in [0.15, 0.2) is 17.6 Å². The van der Waals surface area contributed by atoms with Crippen LogP contribution >= 0.6 is 11.8 Å². The minimum absolute atomic E-state index is 0.0646. The van der Waals surface area contributed by atoms with Crippen LogP contribution in [-0.2, 0) is 11.3 Å². The molecular formula is C12H19N3O2S. The van der Waals surface area contributed by atoms with E-state index < -0.39 is 5.97 Å². The number of thioether (sulfide) groups is 1. The molecule has 18 heavy (non-hydrogen) atoms. The van der Waals surface area contributed by atoms with Crippen molar-refractivity contribution in [2.75, 3.05) is 18.8 Å². The first-order valence-electron chi connectivity index (χ1n) is 6.26. The summed E-state index contributed by atoms with van der Waals surface area (Å²) in [4.78, 5) is 17.3. The lowest BCUT2D eigenvalue weighted by Gasteiger charge is -2.24. The third-order valence-electron chi connectivity index (χ3n) is 3.23. The molecule has 1 saturated heterocycles. The number of aromatic nitrogens is 2. The third kappa shape index (κ3) is 3.49. The van der Waals surface area contributed by atoms with Gasteiger partial charge in [0.15, 0.2) is 5.16 Å². The van der Waals surface area contributed by atoms with Gasteiger partial charge < -0.3 is 9.67 Å². The Balaban J connectivity index is 1.91. The van der Waals surface area contributed by atoms with E-state index in [-0.39, 0.29) is 5.75 Å². The molecule has 1 unspecified atom stereocenters. The number of likely N-dealkylation sites (tertiary alicyclic amines) is 1. The number of carboxylic acid groups (broad SMARTS) is 1. The average Bonchev–Trinajstić information content (AvgIpc) is 2.97. The number of carboxylic acids is 1. The first-order chi connectivity index (χ1) is 8.66. The van der Waals surface area contributed by atoms with E-state index in [9.17, 15) is 4.79 Å². The second kappa shape index (κ2) is 6.24. The zero-order valence-electron chi connectivity index (χ0n) is 10.6. The number of imidazole rings is 1. The van der Waals surface area contributed by atoms with Crippen LogP contribution in [0.2, 0.25) is 0 Å². The first kappa shape index (κ1) is 13.4.